The van der Waals surface area contributed by atoms with Gasteiger partial charge in [-0.3, -0.25) is 29.8 Å². The van der Waals surface area contributed by atoms with E-state index in [1.54, 1.807) is 38.1 Å². The molecule has 0 radical (unpaired) electrons. The molecule has 4 atom stereocenters. The highest BCUT2D eigenvalue weighted by Gasteiger charge is 2.34. The van der Waals surface area contributed by atoms with Gasteiger partial charge in [-0.1, -0.05) is 38.6 Å². The fourth-order valence-corrected chi connectivity index (χ4v) is 8.10. The van der Waals surface area contributed by atoms with Crippen molar-refractivity contribution in [1.29, 1.82) is 0 Å². The number of alkyl carbamates (subject to hydrolysis) is 1. The molecule has 5 rings (SSSR count). The summed E-state index contributed by atoms with van der Waals surface area (Å²) in [4.78, 5) is 93.6. The molecule has 73 heavy (non-hydrogen) atoms. The van der Waals surface area contributed by atoms with Crippen LogP contribution in [0.5, 0.6) is 23.0 Å². The van der Waals surface area contributed by atoms with Gasteiger partial charge in [0.1, 0.15) is 25.3 Å². The van der Waals surface area contributed by atoms with Crippen LogP contribution in [0.3, 0.4) is 0 Å². The van der Waals surface area contributed by atoms with Gasteiger partial charge >= 0.3 is 18.3 Å². The van der Waals surface area contributed by atoms with Crippen molar-refractivity contribution in [2.75, 3.05) is 76.3 Å². The molecule has 2 aliphatic rings. The van der Waals surface area contributed by atoms with Crippen molar-refractivity contribution in [3.63, 3.8) is 0 Å². The van der Waals surface area contributed by atoms with Crippen LogP contribution in [0.2, 0.25) is 0 Å². The standard InChI is InChI=1S/C50H65N7O16/c1-7-19-72-50(67)55-43(29(2)3)45(61)51-30(4)44(60)52-32-15-13-31(14-16-32)28-73-49(66)54-38-25-42(40(69-6)23-36(38)47(63)57-18-9-12-34(57)27-59)71-21-10-20-70-41-24-37(53-48(64)65)35(22-39(41)68-5)46(62)56-17-8-11-33(56)26-58/h7,13-16,22-25,29-30,33-34,43,53,58-59H,1,8-12,17-21,26-28H2,2-6H3,(H,51,61)(H,52,60)(H,54,66)(H,55,67)(H,64,65)/t30?,33-,34-,43?/m0/s1. The maximum Gasteiger partial charge on any atom is 0.411 e. The zero-order valence-corrected chi connectivity index (χ0v) is 41.5. The summed E-state index contributed by atoms with van der Waals surface area (Å²) in [7, 11) is 2.76. The van der Waals surface area contributed by atoms with Gasteiger partial charge in [0.05, 0.1) is 75.2 Å². The fraction of sp³-hybridized carbons (Fsp3) is 0.460. The summed E-state index contributed by atoms with van der Waals surface area (Å²) in [5, 5.41) is 42.0. The van der Waals surface area contributed by atoms with Crippen LogP contribution < -0.4 is 45.5 Å². The lowest BCUT2D eigenvalue weighted by Gasteiger charge is -2.25. The smallest absolute Gasteiger partial charge is 0.411 e. The van der Waals surface area contributed by atoms with Crippen LogP contribution in [-0.4, -0.2) is 152 Å². The molecule has 0 aliphatic carbocycles. The lowest BCUT2D eigenvalue weighted by molar-refractivity contribution is -0.128. The van der Waals surface area contributed by atoms with Crippen LogP contribution in [0.25, 0.3) is 0 Å². The number of hydrogen-bond donors (Lipinski definition) is 8. The summed E-state index contributed by atoms with van der Waals surface area (Å²) in [6.07, 6.45) is 1.08. The number of benzene rings is 3. The molecular weight excluding hydrogens is 955 g/mol. The van der Waals surface area contributed by atoms with Gasteiger partial charge in [-0.15, -0.1) is 0 Å². The summed E-state index contributed by atoms with van der Waals surface area (Å²) in [6, 6.07) is 9.17. The Morgan fingerprint density at radius 1 is 0.699 bits per heavy atom. The maximum absolute atomic E-state index is 14.0. The van der Waals surface area contributed by atoms with Crippen molar-refractivity contribution in [3.8, 4) is 23.0 Å². The molecule has 23 nitrogen and oxygen atoms in total. The van der Waals surface area contributed by atoms with Crippen LogP contribution >= 0.6 is 0 Å². The predicted molar refractivity (Wildman–Crippen MR) is 265 cm³/mol. The minimum atomic E-state index is -1.40. The lowest BCUT2D eigenvalue weighted by Crippen LogP contribution is -2.53. The van der Waals surface area contributed by atoms with Gasteiger partial charge in [0.25, 0.3) is 11.8 Å². The van der Waals surface area contributed by atoms with E-state index >= 15 is 0 Å². The maximum atomic E-state index is 14.0. The number of hydrogen-bond acceptors (Lipinski definition) is 15. The number of nitrogens with one attached hydrogen (secondary N) is 5. The topological polar surface area (TPSA) is 302 Å². The van der Waals surface area contributed by atoms with Gasteiger partial charge in [0.2, 0.25) is 11.8 Å². The fourth-order valence-electron chi connectivity index (χ4n) is 8.10. The van der Waals surface area contributed by atoms with Crippen LogP contribution in [0.1, 0.15) is 79.2 Å². The number of aliphatic hydroxyl groups excluding tert-OH is 2. The van der Waals surface area contributed by atoms with Crippen LogP contribution in [-0.2, 0) is 25.7 Å². The molecule has 2 aliphatic heterocycles. The molecule has 0 bridgehead atoms. The molecule has 2 saturated heterocycles. The molecule has 0 aromatic heterocycles. The third-order valence-electron chi connectivity index (χ3n) is 11.9. The Kier molecular flexibility index (Phi) is 20.9. The number of nitrogens with zero attached hydrogens (tertiary/aromatic N) is 2. The van der Waals surface area contributed by atoms with Gasteiger partial charge in [-0.05, 0) is 68.4 Å². The number of rotatable bonds is 24. The Labute approximate surface area is 422 Å². The predicted octanol–water partition coefficient (Wildman–Crippen LogP) is 4.96. The van der Waals surface area contributed by atoms with E-state index in [2.05, 4.69) is 33.2 Å². The van der Waals surface area contributed by atoms with Gasteiger partial charge in [0.15, 0.2) is 23.0 Å². The molecule has 396 valence electrons. The third kappa shape index (κ3) is 15.4. The monoisotopic (exact) mass is 1020 g/mol. The normalized spacial score (nSPS) is 15.8. The Morgan fingerprint density at radius 3 is 1.71 bits per heavy atom. The van der Waals surface area contributed by atoms with E-state index in [1.165, 1.54) is 61.3 Å². The average Bonchev–Trinajstić information content (AvgIpc) is 4.07. The number of aliphatic hydroxyl groups is 2. The van der Waals surface area contributed by atoms with Crippen molar-refractivity contribution in [1.82, 2.24) is 20.4 Å². The first-order chi connectivity index (χ1) is 35.0. The number of amides is 7. The number of methoxy groups -OCH3 is 2. The zero-order valence-electron chi connectivity index (χ0n) is 41.5. The average molecular weight is 1020 g/mol. The molecule has 3 aromatic carbocycles. The second kappa shape index (κ2) is 27.1. The minimum absolute atomic E-state index is 0.0255. The van der Waals surface area contributed by atoms with E-state index in [-0.39, 0.29) is 97.5 Å². The SMILES string of the molecule is C=CCOC(=O)NC(C(=O)NC(C)C(=O)Nc1ccc(COC(=O)Nc2cc(OCCCOc3cc(NC(=O)O)c(C(=O)N4CCC[C@H]4CO)cc3OC)c(OC)cc2C(=O)N2CCC[C@H]2CO)cc1)C(C)C. The Balaban J connectivity index is 1.22. The highest BCUT2D eigenvalue weighted by molar-refractivity contribution is 6.05. The quantitative estimate of drug-likeness (QED) is 0.0434. The molecule has 8 N–H and O–H groups in total. The molecule has 2 unspecified atom stereocenters. The van der Waals surface area contributed by atoms with E-state index < -0.39 is 66.1 Å². The number of carbonyl (C=O) groups excluding carboxylic acids is 6. The first-order valence-corrected chi connectivity index (χ1v) is 23.7. The third-order valence-corrected chi connectivity index (χ3v) is 11.9. The Hall–Kier alpha value is -7.79. The number of anilines is 3. The van der Waals surface area contributed by atoms with Gasteiger partial charge in [0, 0.05) is 37.3 Å². The van der Waals surface area contributed by atoms with Crippen molar-refractivity contribution < 1.29 is 77.3 Å². The van der Waals surface area contributed by atoms with Crippen molar-refractivity contribution in [3.05, 3.63) is 77.9 Å². The van der Waals surface area contributed by atoms with Crippen molar-refractivity contribution in [2.45, 2.75) is 83.6 Å². The molecule has 0 spiro atoms. The zero-order chi connectivity index (χ0) is 53.2. The highest BCUT2D eigenvalue weighted by atomic mass is 16.6. The highest BCUT2D eigenvalue weighted by Crippen LogP contribution is 2.37. The first kappa shape index (κ1) is 56.1. The molecule has 7 amide bonds. The van der Waals surface area contributed by atoms with Gasteiger partial charge in [-0.2, -0.15) is 0 Å². The van der Waals surface area contributed by atoms with Crippen LogP contribution in [0.15, 0.2) is 61.2 Å². The van der Waals surface area contributed by atoms with Gasteiger partial charge < -0.3 is 69.5 Å². The number of carbonyl (C=O) groups is 7. The van der Waals surface area contributed by atoms with E-state index in [0.717, 1.165) is 0 Å². The Morgan fingerprint density at radius 2 is 1.23 bits per heavy atom. The largest absolute Gasteiger partial charge is 0.493 e. The van der Waals surface area contributed by atoms with Gasteiger partial charge in [-0.25, -0.2) is 14.4 Å². The second-order valence-corrected chi connectivity index (χ2v) is 17.4. The number of ether oxygens (including phenoxy) is 6. The lowest BCUT2D eigenvalue weighted by atomic mass is 10.0. The van der Waals surface area contributed by atoms with Crippen molar-refractivity contribution >= 4 is 59.0 Å². The summed E-state index contributed by atoms with van der Waals surface area (Å²) < 4.78 is 33.6. The molecular formula is C50H65N7O16. The molecule has 2 fully saturated rings. The molecule has 3 aromatic rings. The van der Waals surface area contributed by atoms with Crippen molar-refractivity contribution in [2.24, 2.45) is 5.92 Å². The summed E-state index contributed by atoms with van der Waals surface area (Å²) in [5.41, 5.74) is 1.00. The number of carboxylic acid groups (broad SMARTS) is 1. The molecule has 23 heteroatoms. The molecule has 0 saturated carbocycles. The summed E-state index contributed by atoms with van der Waals surface area (Å²) in [6.45, 7) is 8.52. The summed E-state index contributed by atoms with van der Waals surface area (Å²) >= 11 is 0. The number of likely N-dealkylation sites (tertiary alicyclic amines) is 2. The van der Waals surface area contributed by atoms with E-state index in [4.69, 9.17) is 28.4 Å². The summed E-state index contributed by atoms with van der Waals surface area (Å²) in [5.74, 6) is -1.75. The van der Waals surface area contributed by atoms with Crippen LogP contribution in [0, 0.1) is 5.92 Å². The minimum Gasteiger partial charge on any atom is -0.493 e. The van der Waals surface area contributed by atoms with Crippen LogP contribution in [0.4, 0.5) is 31.4 Å². The van der Waals surface area contributed by atoms with E-state index in [0.29, 0.717) is 50.0 Å². The van der Waals surface area contributed by atoms with E-state index in [9.17, 15) is 48.9 Å². The second-order valence-electron chi connectivity index (χ2n) is 17.4. The molecule has 2 heterocycles. The Bertz CT molecular complexity index is 2450. The first-order valence-electron chi connectivity index (χ1n) is 23.7. The van der Waals surface area contributed by atoms with E-state index in [1.807, 2.05) is 0 Å².